The number of hydrogen-bond donors (Lipinski definition) is 1. The van der Waals surface area contributed by atoms with E-state index in [1.54, 1.807) is 11.8 Å². The van der Waals surface area contributed by atoms with Crippen molar-refractivity contribution in [3.63, 3.8) is 0 Å². The van der Waals surface area contributed by atoms with Crippen LogP contribution in [0, 0.1) is 0 Å². The van der Waals surface area contributed by atoms with Crippen molar-refractivity contribution in [1.82, 2.24) is 5.32 Å². The van der Waals surface area contributed by atoms with Gasteiger partial charge in [0.05, 0.1) is 0 Å². The van der Waals surface area contributed by atoms with Gasteiger partial charge in [-0.25, -0.2) is 0 Å². The summed E-state index contributed by atoms with van der Waals surface area (Å²) in [6.07, 6.45) is 0.549. The molecule has 1 amide bonds. The second kappa shape index (κ2) is 8.85. The third kappa shape index (κ3) is 8.77. The number of benzene rings is 1. The first-order valence-electron chi connectivity index (χ1n) is 6.66. The Balaban J connectivity index is 2.10. The average Bonchev–Trinajstić information content (AvgIpc) is 2.36. The van der Waals surface area contributed by atoms with Crippen LogP contribution in [0.3, 0.4) is 0 Å². The summed E-state index contributed by atoms with van der Waals surface area (Å²) in [7, 11) is 0. The molecule has 1 aromatic rings. The van der Waals surface area contributed by atoms with Gasteiger partial charge in [-0.05, 0) is 24.3 Å². The molecule has 0 aliphatic rings. The fourth-order valence-corrected chi connectivity index (χ4v) is 3.22. The SMILES string of the molecule is CC(C)(C)SCCNC(=O)CCSc1ccc(Cl)cc1. The lowest BCUT2D eigenvalue weighted by Crippen LogP contribution is -2.27. The minimum Gasteiger partial charge on any atom is -0.355 e. The predicted octanol–water partition coefficient (Wildman–Crippen LogP) is 4.47. The van der Waals surface area contributed by atoms with Crippen LogP contribution in [0.1, 0.15) is 27.2 Å². The van der Waals surface area contributed by atoms with E-state index in [4.69, 9.17) is 11.6 Å². The van der Waals surface area contributed by atoms with E-state index in [2.05, 4.69) is 26.1 Å². The van der Waals surface area contributed by atoms with Crippen LogP contribution < -0.4 is 5.32 Å². The van der Waals surface area contributed by atoms with Crippen LogP contribution in [0.2, 0.25) is 5.02 Å². The Hall–Kier alpha value is -0.320. The lowest BCUT2D eigenvalue weighted by Gasteiger charge is -2.17. The lowest BCUT2D eigenvalue weighted by molar-refractivity contribution is -0.120. The first kappa shape index (κ1) is 17.7. The molecule has 0 unspecified atom stereocenters. The molecule has 0 radical (unpaired) electrons. The highest BCUT2D eigenvalue weighted by Crippen LogP contribution is 2.22. The monoisotopic (exact) mass is 331 g/mol. The van der Waals surface area contributed by atoms with Crippen LogP contribution in [-0.4, -0.2) is 28.7 Å². The van der Waals surface area contributed by atoms with E-state index >= 15 is 0 Å². The topological polar surface area (TPSA) is 29.1 Å². The van der Waals surface area contributed by atoms with Gasteiger partial charge in [0, 0.05) is 39.1 Å². The van der Waals surface area contributed by atoms with Crippen LogP contribution in [0.25, 0.3) is 0 Å². The highest BCUT2D eigenvalue weighted by molar-refractivity contribution is 8.00. The summed E-state index contributed by atoms with van der Waals surface area (Å²) in [6.45, 7) is 7.29. The molecule has 1 aromatic carbocycles. The minimum atomic E-state index is 0.126. The summed E-state index contributed by atoms with van der Waals surface area (Å²) in [5, 5.41) is 3.70. The molecule has 112 valence electrons. The molecule has 1 rings (SSSR count). The standard InChI is InChI=1S/C15H22ClNOS2/c1-15(2,3)20-11-9-17-14(18)8-10-19-13-6-4-12(16)5-7-13/h4-7H,8-11H2,1-3H3,(H,17,18). The van der Waals surface area contributed by atoms with E-state index in [1.165, 1.54) is 0 Å². The van der Waals surface area contributed by atoms with E-state index < -0.39 is 0 Å². The maximum atomic E-state index is 11.7. The second-order valence-electron chi connectivity index (χ2n) is 5.36. The summed E-state index contributed by atoms with van der Waals surface area (Å²) >= 11 is 9.37. The van der Waals surface area contributed by atoms with Gasteiger partial charge in [0.1, 0.15) is 0 Å². The molecule has 0 bridgehead atoms. The van der Waals surface area contributed by atoms with Crippen LogP contribution in [0.4, 0.5) is 0 Å². The summed E-state index contributed by atoms with van der Waals surface area (Å²) in [4.78, 5) is 12.8. The zero-order chi connectivity index (χ0) is 15.0. The van der Waals surface area contributed by atoms with E-state index in [9.17, 15) is 4.79 Å². The lowest BCUT2D eigenvalue weighted by atomic mass is 10.3. The molecule has 0 aliphatic heterocycles. The summed E-state index contributed by atoms with van der Waals surface area (Å²) < 4.78 is 0.259. The number of halogens is 1. The smallest absolute Gasteiger partial charge is 0.220 e. The Morgan fingerprint density at radius 2 is 1.85 bits per heavy atom. The molecular weight excluding hydrogens is 310 g/mol. The fourth-order valence-electron chi connectivity index (χ4n) is 1.43. The first-order chi connectivity index (χ1) is 9.37. The van der Waals surface area contributed by atoms with Gasteiger partial charge in [-0.15, -0.1) is 11.8 Å². The molecule has 1 N–H and O–H groups in total. The van der Waals surface area contributed by atoms with Gasteiger partial charge >= 0.3 is 0 Å². The van der Waals surface area contributed by atoms with Gasteiger partial charge in [0.2, 0.25) is 5.91 Å². The number of thioether (sulfide) groups is 2. The van der Waals surface area contributed by atoms with Crippen molar-refractivity contribution < 1.29 is 4.79 Å². The van der Waals surface area contributed by atoms with Crippen molar-refractivity contribution in [2.24, 2.45) is 0 Å². The van der Waals surface area contributed by atoms with Gasteiger partial charge < -0.3 is 5.32 Å². The van der Waals surface area contributed by atoms with E-state index in [-0.39, 0.29) is 10.7 Å². The van der Waals surface area contributed by atoms with Crippen LogP contribution in [0.15, 0.2) is 29.2 Å². The molecule has 0 fully saturated rings. The first-order valence-corrected chi connectivity index (χ1v) is 9.01. The van der Waals surface area contributed by atoms with Crippen molar-refractivity contribution in [3.05, 3.63) is 29.3 Å². The zero-order valence-corrected chi connectivity index (χ0v) is 14.6. The van der Waals surface area contributed by atoms with Crippen molar-refractivity contribution in [3.8, 4) is 0 Å². The Bertz CT molecular complexity index is 415. The third-order valence-corrected chi connectivity index (χ3v) is 4.91. The maximum Gasteiger partial charge on any atom is 0.220 e. The molecule has 5 heteroatoms. The Morgan fingerprint density at radius 3 is 2.45 bits per heavy atom. The Kier molecular flexibility index (Phi) is 7.85. The van der Waals surface area contributed by atoms with E-state index in [0.717, 1.165) is 28.0 Å². The quantitative estimate of drug-likeness (QED) is 0.590. The molecule has 0 heterocycles. The third-order valence-electron chi connectivity index (χ3n) is 2.37. The molecule has 0 saturated carbocycles. The largest absolute Gasteiger partial charge is 0.355 e. The van der Waals surface area contributed by atoms with Crippen LogP contribution >= 0.6 is 35.1 Å². The molecule has 2 nitrogen and oxygen atoms in total. The van der Waals surface area contributed by atoms with Crippen molar-refractivity contribution >= 4 is 41.0 Å². The summed E-state index contributed by atoms with van der Waals surface area (Å²) in [6, 6.07) is 7.69. The molecule has 0 atom stereocenters. The molecule has 0 saturated heterocycles. The molecule has 0 aliphatic carbocycles. The predicted molar refractivity (Wildman–Crippen MR) is 92.0 cm³/mol. The second-order valence-corrected chi connectivity index (χ2v) is 8.89. The highest BCUT2D eigenvalue weighted by atomic mass is 35.5. The van der Waals surface area contributed by atoms with Gasteiger partial charge in [0.25, 0.3) is 0 Å². The van der Waals surface area contributed by atoms with Crippen molar-refractivity contribution in [2.75, 3.05) is 18.1 Å². The molecule has 0 spiro atoms. The number of nitrogens with one attached hydrogen (secondary N) is 1. The van der Waals surface area contributed by atoms with Crippen LogP contribution in [0.5, 0.6) is 0 Å². The molecule has 20 heavy (non-hydrogen) atoms. The number of carbonyl (C=O) groups is 1. The Morgan fingerprint density at radius 1 is 1.20 bits per heavy atom. The Labute approximate surface area is 135 Å². The normalized spacial score (nSPS) is 11.4. The van der Waals surface area contributed by atoms with Gasteiger partial charge in [-0.2, -0.15) is 11.8 Å². The minimum absolute atomic E-state index is 0.126. The van der Waals surface area contributed by atoms with Gasteiger partial charge in [0.15, 0.2) is 0 Å². The number of carbonyl (C=O) groups excluding carboxylic acids is 1. The number of hydrogen-bond acceptors (Lipinski definition) is 3. The zero-order valence-electron chi connectivity index (χ0n) is 12.2. The number of rotatable bonds is 7. The summed E-state index contributed by atoms with van der Waals surface area (Å²) in [5.74, 6) is 1.88. The number of amides is 1. The van der Waals surface area contributed by atoms with Crippen LogP contribution in [-0.2, 0) is 4.79 Å². The van der Waals surface area contributed by atoms with Crippen molar-refractivity contribution in [1.29, 1.82) is 0 Å². The molecular formula is C15H22ClNOS2. The molecule has 0 aromatic heterocycles. The fraction of sp³-hybridized carbons (Fsp3) is 0.533. The van der Waals surface area contributed by atoms with Gasteiger partial charge in [-0.3, -0.25) is 4.79 Å². The van der Waals surface area contributed by atoms with E-state index in [0.29, 0.717) is 6.42 Å². The van der Waals surface area contributed by atoms with E-state index in [1.807, 2.05) is 36.0 Å². The van der Waals surface area contributed by atoms with Crippen molar-refractivity contribution in [2.45, 2.75) is 36.8 Å². The highest BCUT2D eigenvalue weighted by Gasteiger charge is 2.10. The average molecular weight is 332 g/mol. The maximum absolute atomic E-state index is 11.7. The summed E-state index contributed by atoms with van der Waals surface area (Å²) in [5.41, 5.74) is 0. The van der Waals surface area contributed by atoms with Gasteiger partial charge in [-0.1, -0.05) is 32.4 Å².